The molecule has 0 saturated carbocycles. The molecular weight excluding hydrogens is 260 g/mol. The highest BCUT2D eigenvalue weighted by Gasteiger charge is 2.31. The summed E-state index contributed by atoms with van der Waals surface area (Å²) < 4.78 is 1.89. The molecule has 6 heteroatoms. The quantitative estimate of drug-likeness (QED) is 0.795. The Hall–Kier alpha value is -1.56. The van der Waals surface area contributed by atoms with Crippen molar-refractivity contribution in [1.29, 1.82) is 0 Å². The summed E-state index contributed by atoms with van der Waals surface area (Å²) >= 11 is 1.91. The second-order valence-corrected chi connectivity index (χ2v) is 7.09. The van der Waals surface area contributed by atoms with Crippen molar-refractivity contribution in [2.24, 2.45) is 0 Å². The van der Waals surface area contributed by atoms with Gasteiger partial charge in [-0.15, -0.1) is 0 Å². The lowest BCUT2D eigenvalue weighted by Crippen LogP contribution is -2.46. The normalized spacial score (nSPS) is 18.7. The zero-order chi connectivity index (χ0) is 13.5. The van der Waals surface area contributed by atoms with Gasteiger partial charge in [-0.25, -0.2) is 9.97 Å². The summed E-state index contributed by atoms with van der Waals surface area (Å²) in [6.45, 7) is 5.89. The van der Waals surface area contributed by atoms with Gasteiger partial charge in [-0.05, 0) is 19.9 Å². The van der Waals surface area contributed by atoms with Crippen molar-refractivity contribution in [3.63, 3.8) is 0 Å². The molecule has 5 nitrogen and oxygen atoms in total. The van der Waals surface area contributed by atoms with Gasteiger partial charge in [-0.3, -0.25) is 9.20 Å². The number of nitrogens with zero attached hydrogens (tertiary/aromatic N) is 4. The molecule has 1 aliphatic rings. The van der Waals surface area contributed by atoms with Gasteiger partial charge in [0.25, 0.3) is 5.91 Å². The Kier molecular flexibility index (Phi) is 2.97. The van der Waals surface area contributed by atoms with Gasteiger partial charge < -0.3 is 4.90 Å². The van der Waals surface area contributed by atoms with Gasteiger partial charge in [0.05, 0.1) is 0 Å². The minimum atomic E-state index is -0.00104. The monoisotopic (exact) mass is 276 g/mol. The van der Waals surface area contributed by atoms with Crippen LogP contribution in [-0.2, 0) is 0 Å². The van der Waals surface area contributed by atoms with E-state index in [1.165, 1.54) is 0 Å². The van der Waals surface area contributed by atoms with Crippen LogP contribution in [0.1, 0.15) is 24.3 Å². The van der Waals surface area contributed by atoms with Crippen molar-refractivity contribution < 1.29 is 4.79 Å². The van der Waals surface area contributed by atoms with Gasteiger partial charge >= 0.3 is 0 Å². The smallest absolute Gasteiger partial charge is 0.274 e. The van der Waals surface area contributed by atoms with Gasteiger partial charge in [0.2, 0.25) is 5.78 Å². The molecule has 3 heterocycles. The number of aromatic nitrogens is 3. The number of fused-ring (bicyclic) bond motifs is 1. The van der Waals surface area contributed by atoms with Crippen LogP contribution in [0.4, 0.5) is 0 Å². The number of carbonyl (C=O) groups excluding carboxylic acids is 1. The van der Waals surface area contributed by atoms with Crippen LogP contribution in [0.15, 0.2) is 24.7 Å². The molecule has 1 fully saturated rings. The lowest BCUT2D eigenvalue weighted by molar-refractivity contribution is 0.0743. The second-order valence-electron chi connectivity index (χ2n) is 5.29. The molecule has 1 saturated heterocycles. The van der Waals surface area contributed by atoms with E-state index in [2.05, 4.69) is 23.8 Å². The van der Waals surface area contributed by atoms with Crippen molar-refractivity contribution in [1.82, 2.24) is 19.3 Å². The molecule has 100 valence electrons. The maximum Gasteiger partial charge on any atom is 0.274 e. The second kappa shape index (κ2) is 4.52. The van der Waals surface area contributed by atoms with Gasteiger partial charge in [0.1, 0.15) is 5.69 Å². The number of hydrogen-bond donors (Lipinski definition) is 0. The van der Waals surface area contributed by atoms with Crippen LogP contribution in [0.25, 0.3) is 5.78 Å². The summed E-state index contributed by atoms with van der Waals surface area (Å²) in [5, 5.41) is 0. The molecule has 19 heavy (non-hydrogen) atoms. The van der Waals surface area contributed by atoms with Crippen LogP contribution in [0.3, 0.4) is 0 Å². The van der Waals surface area contributed by atoms with Crippen LogP contribution >= 0.6 is 11.8 Å². The summed E-state index contributed by atoms with van der Waals surface area (Å²) in [6, 6.07) is 1.82. The van der Waals surface area contributed by atoms with E-state index in [4.69, 9.17) is 0 Å². The van der Waals surface area contributed by atoms with E-state index in [0.717, 1.165) is 18.8 Å². The topological polar surface area (TPSA) is 50.5 Å². The first-order valence-corrected chi connectivity index (χ1v) is 7.27. The summed E-state index contributed by atoms with van der Waals surface area (Å²) in [7, 11) is 0. The largest absolute Gasteiger partial charge is 0.335 e. The standard InChI is InChI=1S/C13H16N4OS/c1-13(2)9-17(6-7-19-13)11(18)10-8-16-5-3-4-14-12(16)15-10/h3-5,8H,6-7,9H2,1-2H3. The number of imidazole rings is 1. The Labute approximate surface area is 116 Å². The fraction of sp³-hybridized carbons (Fsp3) is 0.462. The maximum atomic E-state index is 12.5. The van der Waals surface area contributed by atoms with Crippen LogP contribution in [-0.4, -0.2) is 48.8 Å². The summed E-state index contributed by atoms with van der Waals surface area (Å²) in [5.74, 6) is 1.54. The van der Waals surface area contributed by atoms with E-state index in [1.54, 1.807) is 16.8 Å². The molecule has 0 aromatic carbocycles. The number of rotatable bonds is 1. The zero-order valence-corrected chi connectivity index (χ0v) is 11.9. The third-order valence-electron chi connectivity index (χ3n) is 3.17. The fourth-order valence-corrected chi connectivity index (χ4v) is 3.40. The molecule has 0 spiro atoms. The Morgan fingerprint density at radius 3 is 3.05 bits per heavy atom. The van der Waals surface area contributed by atoms with E-state index in [9.17, 15) is 4.79 Å². The molecule has 0 atom stereocenters. The van der Waals surface area contributed by atoms with Crippen LogP contribution in [0.5, 0.6) is 0 Å². The predicted molar refractivity (Wildman–Crippen MR) is 75.4 cm³/mol. The molecule has 1 amide bonds. The predicted octanol–water partition coefficient (Wildman–Crippen LogP) is 1.70. The van der Waals surface area contributed by atoms with Crippen molar-refractivity contribution in [3.05, 3.63) is 30.4 Å². The molecule has 3 rings (SSSR count). The van der Waals surface area contributed by atoms with Gasteiger partial charge in [0, 0.05) is 42.2 Å². The molecule has 2 aromatic rings. The zero-order valence-electron chi connectivity index (χ0n) is 11.0. The number of carbonyl (C=O) groups is 1. The highest BCUT2D eigenvalue weighted by atomic mass is 32.2. The summed E-state index contributed by atoms with van der Waals surface area (Å²) in [5.41, 5.74) is 0.474. The fourth-order valence-electron chi connectivity index (χ4n) is 2.28. The first kappa shape index (κ1) is 12.5. The number of hydrogen-bond acceptors (Lipinski definition) is 4. The van der Waals surface area contributed by atoms with Crippen molar-refractivity contribution in [3.8, 4) is 0 Å². The molecular formula is C13H16N4OS. The van der Waals surface area contributed by atoms with E-state index in [0.29, 0.717) is 11.5 Å². The third kappa shape index (κ3) is 2.45. The maximum absolute atomic E-state index is 12.5. The molecule has 1 aliphatic heterocycles. The summed E-state index contributed by atoms with van der Waals surface area (Å²) in [6.07, 6.45) is 5.28. The van der Waals surface area contributed by atoms with Crippen molar-refractivity contribution in [2.75, 3.05) is 18.8 Å². The highest BCUT2D eigenvalue weighted by Crippen LogP contribution is 2.30. The van der Waals surface area contributed by atoms with Crippen LogP contribution in [0.2, 0.25) is 0 Å². The molecule has 0 radical (unpaired) electrons. The Balaban J connectivity index is 1.87. The minimum absolute atomic E-state index is 0.00104. The lowest BCUT2D eigenvalue weighted by Gasteiger charge is -2.37. The summed E-state index contributed by atoms with van der Waals surface area (Å²) in [4.78, 5) is 22.8. The van der Waals surface area contributed by atoms with E-state index in [1.807, 2.05) is 28.9 Å². The molecule has 2 aromatic heterocycles. The molecule has 0 unspecified atom stereocenters. The first-order valence-electron chi connectivity index (χ1n) is 6.28. The minimum Gasteiger partial charge on any atom is -0.335 e. The molecule has 0 N–H and O–H groups in total. The van der Waals surface area contributed by atoms with E-state index < -0.39 is 0 Å². The molecule has 0 bridgehead atoms. The van der Waals surface area contributed by atoms with E-state index in [-0.39, 0.29) is 10.7 Å². The Morgan fingerprint density at radius 2 is 2.32 bits per heavy atom. The Morgan fingerprint density at radius 1 is 1.47 bits per heavy atom. The van der Waals surface area contributed by atoms with Gasteiger partial charge in [0.15, 0.2) is 0 Å². The Bertz CT molecular complexity index is 589. The third-order valence-corrected chi connectivity index (χ3v) is 4.46. The van der Waals surface area contributed by atoms with Gasteiger partial charge in [-0.2, -0.15) is 11.8 Å². The van der Waals surface area contributed by atoms with E-state index >= 15 is 0 Å². The first-order chi connectivity index (χ1) is 9.05. The average molecular weight is 276 g/mol. The van der Waals surface area contributed by atoms with Crippen LogP contribution in [0, 0.1) is 0 Å². The molecule has 0 aliphatic carbocycles. The highest BCUT2D eigenvalue weighted by molar-refractivity contribution is 8.00. The number of amides is 1. The van der Waals surface area contributed by atoms with Gasteiger partial charge in [-0.1, -0.05) is 0 Å². The van der Waals surface area contributed by atoms with Crippen molar-refractivity contribution in [2.45, 2.75) is 18.6 Å². The van der Waals surface area contributed by atoms with Crippen molar-refractivity contribution >= 4 is 23.4 Å². The van der Waals surface area contributed by atoms with Crippen LogP contribution < -0.4 is 0 Å². The lowest BCUT2D eigenvalue weighted by atomic mass is 10.2. The average Bonchev–Trinajstić information content (AvgIpc) is 2.80. The SMILES string of the molecule is CC1(C)CN(C(=O)c2cn3cccnc3n2)CCS1. The number of thioether (sulfide) groups is 1.